The number of aliphatic hydroxyl groups is 1. The van der Waals surface area contributed by atoms with Gasteiger partial charge in [-0.2, -0.15) is 0 Å². The third kappa shape index (κ3) is 4.88. The molecule has 1 saturated heterocycles. The Hall–Kier alpha value is -0.420. The van der Waals surface area contributed by atoms with Crippen molar-refractivity contribution in [2.75, 3.05) is 26.2 Å². The summed E-state index contributed by atoms with van der Waals surface area (Å²) in [4.78, 5) is 3.72. The fourth-order valence-electron chi connectivity index (χ4n) is 2.56. The second-order valence-electron chi connectivity index (χ2n) is 5.78. The smallest absolute Gasteiger partial charge is 0.0791 e. The number of β-amino-alcohol motifs (C(OH)–C–C–N with tert-alkyl or cyclic N) is 1. The highest BCUT2D eigenvalue weighted by atomic mass is 32.1. The van der Waals surface area contributed by atoms with E-state index in [-0.39, 0.29) is 6.10 Å². The van der Waals surface area contributed by atoms with Crippen LogP contribution in [0.15, 0.2) is 17.5 Å². The molecule has 0 bridgehead atoms. The van der Waals surface area contributed by atoms with Crippen molar-refractivity contribution < 1.29 is 5.11 Å². The number of nitrogens with zero attached hydrogens (tertiary/aromatic N) is 1. The van der Waals surface area contributed by atoms with Crippen LogP contribution in [0.3, 0.4) is 0 Å². The highest BCUT2D eigenvalue weighted by Crippen LogP contribution is 2.18. The van der Waals surface area contributed by atoms with Crippen molar-refractivity contribution in [3.05, 3.63) is 22.4 Å². The first-order chi connectivity index (χ1) is 9.15. The Morgan fingerprint density at radius 2 is 2.21 bits per heavy atom. The lowest BCUT2D eigenvalue weighted by molar-refractivity contribution is 0.0893. The Bertz CT molecular complexity index is 347. The molecule has 2 atom stereocenters. The van der Waals surface area contributed by atoms with Crippen LogP contribution in [0.1, 0.15) is 37.6 Å². The molecule has 2 unspecified atom stereocenters. The molecular formula is C15H26N2OS. The average molecular weight is 282 g/mol. The molecule has 108 valence electrons. The van der Waals surface area contributed by atoms with E-state index >= 15 is 0 Å². The van der Waals surface area contributed by atoms with Crippen LogP contribution in [-0.2, 0) is 0 Å². The third-order valence-electron chi connectivity index (χ3n) is 3.97. The molecule has 1 fully saturated rings. The number of rotatable bonds is 6. The average Bonchev–Trinajstić information content (AvgIpc) is 2.93. The lowest BCUT2D eigenvalue weighted by Gasteiger charge is -2.31. The van der Waals surface area contributed by atoms with Crippen LogP contribution in [0.25, 0.3) is 0 Å². The first kappa shape index (κ1) is 15.0. The number of hydrogen-bond acceptors (Lipinski definition) is 4. The quantitative estimate of drug-likeness (QED) is 0.841. The molecule has 2 heterocycles. The molecule has 19 heavy (non-hydrogen) atoms. The predicted molar refractivity (Wildman–Crippen MR) is 81.6 cm³/mol. The molecule has 2 rings (SSSR count). The van der Waals surface area contributed by atoms with Gasteiger partial charge in [0.1, 0.15) is 0 Å². The largest absolute Gasteiger partial charge is 0.390 e. The van der Waals surface area contributed by atoms with Crippen molar-refractivity contribution in [3.8, 4) is 0 Å². The van der Waals surface area contributed by atoms with Gasteiger partial charge < -0.3 is 15.3 Å². The summed E-state index contributed by atoms with van der Waals surface area (Å²) in [5, 5.41) is 15.6. The number of piperidine rings is 1. The number of aliphatic hydroxyl groups excluding tert-OH is 1. The van der Waals surface area contributed by atoms with E-state index in [1.807, 2.05) is 0 Å². The maximum Gasteiger partial charge on any atom is 0.0791 e. The molecule has 1 aliphatic rings. The van der Waals surface area contributed by atoms with Gasteiger partial charge in [0.05, 0.1) is 6.10 Å². The van der Waals surface area contributed by atoms with Crippen LogP contribution in [-0.4, -0.2) is 42.3 Å². The van der Waals surface area contributed by atoms with Crippen LogP contribution in [0.2, 0.25) is 0 Å². The van der Waals surface area contributed by atoms with E-state index < -0.39 is 0 Å². The molecule has 3 nitrogen and oxygen atoms in total. The Morgan fingerprint density at radius 3 is 2.84 bits per heavy atom. The monoisotopic (exact) mass is 282 g/mol. The minimum absolute atomic E-state index is 0.268. The molecule has 4 heteroatoms. The highest BCUT2D eigenvalue weighted by Gasteiger charge is 2.18. The first-order valence-electron chi connectivity index (χ1n) is 7.32. The zero-order valence-corrected chi connectivity index (χ0v) is 12.8. The van der Waals surface area contributed by atoms with E-state index in [9.17, 15) is 5.11 Å². The minimum atomic E-state index is -0.268. The molecule has 0 aromatic carbocycles. The summed E-state index contributed by atoms with van der Waals surface area (Å²) in [7, 11) is 0. The van der Waals surface area contributed by atoms with Gasteiger partial charge in [0.2, 0.25) is 0 Å². The summed E-state index contributed by atoms with van der Waals surface area (Å²) >= 11 is 1.76. The lowest BCUT2D eigenvalue weighted by Crippen LogP contribution is -2.42. The molecule has 0 spiro atoms. The molecule has 0 radical (unpaired) electrons. The van der Waals surface area contributed by atoms with Crippen molar-refractivity contribution in [2.24, 2.45) is 5.92 Å². The molecule has 0 aliphatic carbocycles. The second kappa shape index (κ2) is 7.39. The maximum atomic E-state index is 10.1. The van der Waals surface area contributed by atoms with Gasteiger partial charge in [-0.3, -0.25) is 0 Å². The summed E-state index contributed by atoms with van der Waals surface area (Å²) in [6.07, 6.45) is 2.27. The van der Waals surface area contributed by atoms with Gasteiger partial charge in [0.25, 0.3) is 0 Å². The molecule has 0 saturated carbocycles. The van der Waals surface area contributed by atoms with Gasteiger partial charge in [0, 0.05) is 24.0 Å². The topological polar surface area (TPSA) is 35.5 Å². The van der Waals surface area contributed by atoms with E-state index in [4.69, 9.17) is 0 Å². The summed E-state index contributed by atoms with van der Waals surface area (Å²) in [5.74, 6) is 0.852. The van der Waals surface area contributed by atoms with E-state index in [0.717, 1.165) is 25.6 Å². The normalized spacial score (nSPS) is 21.4. The lowest BCUT2D eigenvalue weighted by atomic mass is 9.99. The molecule has 0 amide bonds. The van der Waals surface area contributed by atoms with Crippen molar-refractivity contribution >= 4 is 11.3 Å². The van der Waals surface area contributed by atoms with E-state index in [1.54, 1.807) is 11.3 Å². The zero-order valence-electron chi connectivity index (χ0n) is 12.0. The summed E-state index contributed by atoms with van der Waals surface area (Å²) in [6, 6.07) is 4.54. The standard InChI is InChI=1S/C15H26N2OS/c1-12-5-7-17(8-6-12)11-14(18)10-16-13(2)15-4-3-9-19-15/h3-4,9,12-14,16,18H,5-8,10-11H2,1-2H3. The number of likely N-dealkylation sites (tertiary alicyclic amines) is 1. The van der Waals surface area contributed by atoms with Gasteiger partial charge in [-0.25, -0.2) is 0 Å². The van der Waals surface area contributed by atoms with Gasteiger partial charge >= 0.3 is 0 Å². The Balaban J connectivity index is 1.65. The van der Waals surface area contributed by atoms with Crippen molar-refractivity contribution in [1.29, 1.82) is 0 Å². The van der Waals surface area contributed by atoms with Crippen LogP contribution in [0.4, 0.5) is 0 Å². The SMILES string of the molecule is CC1CCN(CC(O)CNC(C)c2cccs2)CC1. The van der Waals surface area contributed by atoms with Gasteiger partial charge in [-0.1, -0.05) is 13.0 Å². The Labute approximate surface area is 120 Å². The Morgan fingerprint density at radius 1 is 1.47 bits per heavy atom. The number of hydrogen-bond donors (Lipinski definition) is 2. The van der Waals surface area contributed by atoms with Crippen LogP contribution in [0, 0.1) is 5.92 Å². The van der Waals surface area contributed by atoms with E-state index in [2.05, 4.69) is 41.6 Å². The van der Waals surface area contributed by atoms with Crippen molar-refractivity contribution in [3.63, 3.8) is 0 Å². The Kier molecular flexibility index (Phi) is 5.82. The predicted octanol–water partition coefficient (Wildman–Crippen LogP) is 2.49. The van der Waals surface area contributed by atoms with Crippen molar-refractivity contribution in [1.82, 2.24) is 10.2 Å². The second-order valence-corrected chi connectivity index (χ2v) is 6.76. The van der Waals surface area contributed by atoms with E-state index in [1.165, 1.54) is 17.7 Å². The first-order valence-corrected chi connectivity index (χ1v) is 8.20. The van der Waals surface area contributed by atoms with Gasteiger partial charge in [-0.05, 0) is 50.2 Å². The molecular weight excluding hydrogens is 256 g/mol. The third-order valence-corrected chi connectivity index (χ3v) is 5.03. The van der Waals surface area contributed by atoms with Gasteiger partial charge in [0.15, 0.2) is 0 Å². The number of thiophene rings is 1. The molecule has 1 aliphatic heterocycles. The van der Waals surface area contributed by atoms with E-state index in [0.29, 0.717) is 12.6 Å². The molecule has 1 aromatic rings. The molecule has 1 aromatic heterocycles. The summed E-state index contributed by atoms with van der Waals surface area (Å²) in [5.41, 5.74) is 0. The summed E-state index contributed by atoms with van der Waals surface area (Å²) in [6.45, 7) is 8.22. The van der Waals surface area contributed by atoms with Gasteiger partial charge in [-0.15, -0.1) is 11.3 Å². The highest BCUT2D eigenvalue weighted by molar-refractivity contribution is 7.10. The maximum absolute atomic E-state index is 10.1. The van der Waals surface area contributed by atoms with Crippen LogP contribution >= 0.6 is 11.3 Å². The number of nitrogens with one attached hydrogen (secondary N) is 1. The zero-order chi connectivity index (χ0) is 13.7. The van der Waals surface area contributed by atoms with Crippen LogP contribution < -0.4 is 5.32 Å². The summed E-state index contributed by atoms with van der Waals surface area (Å²) < 4.78 is 0. The van der Waals surface area contributed by atoms with Crippen molar-refractivity contribution in [2.45, 2.75) is 38.8 Å². The fraction of sp³-hybridized carbons (Fsp3) is 0.733. The minimum Gasteiger partial charge on any atom is -0.390 e. The van der Waals surface area contributed by atoms with Crippen LogP contribution in [0.5, 0.6) is 0 Å². The fourth-order valence-corrected chi connectivity index (χ4v) is 3.32. The molecule has 2 N–H and O–H groups in total.